The summed E-state index contributed by atoms with van der Waals surface area (Å²) < 4.78 is 36.0. The lowest BCUT2D eigenvalue weighted by atomic mass is 10.00. The number of aromatic nitrogens is 2. The van der Waals surface area contributed by atoms with Crippen LogP contribution in [0.2, 0.25) is 5.02 Å². The number of nitrogens with one attached hydrogen (secondary N) is 2. The van der Waals surface area contributed by atoms with E-state index < -0.39 is 28.2 Å². The maximum atomic E-state index is 13.0. The van der Waals surface area contributed by atoms with Crippen molar-refractivity contribution in [3.05, 3.63) is 40.7 Å². The molecule has 1 aliphatic heterocycles. The summed E-state index contributed by atoms with van der Waals surface area (Å²) in [4.78, 5) is 13.0. The molecule has 1 amide bonds. The zero-order valence-corrected chi connectivity index (χ0v) is 18.2. The number of amides is 1. The number of benzene rings is 1. The van der Waals surface area contributed by atoms with Crippen molar-refractivity contribution in [2.45, 2.75) is 38.9 Å². The zero-order chi connectivity index (χ0) is 21.3. The lowest BCUT2D eigenvalue weighted by Gasteiger charge is -2.36. The number of ether oxygens (including phenoxy) is 1. The molecule has 2 aromatic rings. The van der Waals surface area contributed by atoms with Gasteiger partial charge in [-0.2, -0.15) is 22.5 Å². The first-order chi connectivity index (χ1) is 13.7. The third kappa shape index (κ3) is 4.40. The fraction of sp³-hybridized carbons (Fsp3) is 0.444. The first-order valence-electron chi connectivity index (χ1n) is 9.10. The number of rotatable bonds is 5. The van der Waals surface area contributed by atoms with Crippen LogP contribution in [0, 0.1) is 6.92 Å². The number of aryl methyl sites for hydroxylation is 2. The summed E-state index contributed by atoms with van der Waals surface area (Å²) in [6.45, 7) is 4.43. The minimum atomic E-state index is -3.86. The van der Waals surface area contributed by atoms with Crippen LogP contribution >= 0.6 is 11.6 Å². The number of hydrogen-bond acceptors (Lipinski definition) is 5. The molecule has 2 atom stereocenters. The second-order valence-corrected chi connectivity index (χ2v) is 9.00. The molecule has 11 heteroatoms. The van der Waals surface area contributed by atoms with Crippen LogP contribution < -0.4 is 14.8 Å². The van der Waals surface area contributed by atoms with Gasteiger partial charge in [0, 0.05) is 30.4 Å². The number of hydrogen-bond donors (Lipinski definition) is 2. The monoisotopic (exact) mass is 441 g/mol. The van der Waals surface area contributed by atoms with Crippen molar-refractivity contribution < 1.29 is 17.9 Å². The van der Waals surface area contributed by atoms with Gasteiger partial charge in [0.15, 0.2) is 0 Å². The summed E-state index contributed by atoms with van der Waals surface area (Å²) in [5.74, 6) is -0.0394. The second-order valence-electron chi connectivity index (χ2n) is 6.80. The number of nitrogens with zero attached hydrogens (tertiary/aromatic N) is 3. The second kappa shape index (κ2) is 8.31. The fourth-order valence-electron chi connectivity index (χ4n) is 3.34. The Morgan fingerprint density at radius 2 is 2.17 bits per heavy atom. The van der Waals surface area contributed by atoms with Gasteiger partial charge in [0.05, 0.1) is 24.5 Å². The lowest BCUT2D eigenvalue weighted by Crippen LogP contribution is -2.56. The third-order valence-electron chi connectivity index (χ3n) is 4.97. The lowest BCUT2D eigenvalue weighted by molar-refractivity contribution is -0.120. The average Bonchev–Trinajstić information content (AvgIpc) is 3.05. The molecule has 1 aromatic carbocycles. The van der Waals surface area contributed by atoms with Crippen LogP contribution in [0.15, 0.2) is 24.4 Å². The molecule has 0 spiro atoms. The van der Waals surface area contributed by atoms with Gasteiger partial charge in [-0.25, -0.2) is 0 Å². The summed E-state index contributed by atoms with van der Waals surface area (Å²) in [6, 6.07) is 3.35. The Hall–Kier alpha value is -2.14. The van der Waals surface area contributed by atoms with Gasteiger partial charge in [0.2, 0.25) is 5.91 Å². The smallest absolute Gasteiger partial charge is 0.280 e. The molecule has 0 bridgehead atoms. The molecule has 9 nitrogen and oxygen atoms in total. The molecule has 158 valence electrons. The van der Waals surface area contributed by atoms with Crippen LogP contribution in [0.1, 0.15) is 30.6 Å². The maximum absolute atomic E-state index is 13.0. The third-order valence-corrected chi connectivity index (χ3v) is 6.80. The predicted octanol–water partition coefficient (Wildman–Crippen LogP) is 2.09. The summed E-state index contributed by atoms with van der Waals surface area (Å²) in [7, 11) is -1.00. The Morgan fingerprint density at radius 1 is 1.45 bits per heavy atom. The minimum Gasteiger partial charge on any atom is -0.495 e. The molecule has 1 aliphatic rings. The van der Waals surface area contributed by atoms with Crippen molar-refractivity contribution in [1.82, 2.24) is 18.8 Å². The van der Waals surface area contributed by atoms with Gasteiger partial charge in [0.25, 0.3) is 10.2 Å². The summed E-state index contributed by atoms with van der Waals surface area (Å²) in [5.41, 5.74) is 1.85. The van der Waals surface area contributed by atoms with Crippen molar-refractivity contribution in [3.8, 4) is 5.75 Å². The standard InChI is InChI=1S/C18H24ClN5O4S/c1-5-24-10-13(11(2)21-24)14-9-16(23(3)29(26,27)22-14)18(25)20-15-8-12(19)6-7-17(15)28-4/h6-8,10,14,16,22H,5,9H2,1-4H3,(H,20,25)/t14-,16+/m1/s1. The molecular formula is C18H24ClN5O4S. The molecule has 0 unspecified atom stereocenters. The largest absolute Gasteiger partial charge is 0.495 e. The molecule has 0 saturated carbocycles. The van der Waals surface area contributed by atoms with Crippen molar-refractivity contribution in [2.24, 2.45) is 0 Å². The maximum Gasteiger partial charge on any atom is 0.280 e. The molecule has 1 saturated heterocycles. The first kappa shape index (κ1) is 21.6. The molecule has 3 rings (SSSR count). The predicted molar refractivity (Wildman–Crippen MR) is 110 cm³/mol. The quantitative estimate of drug-likeness (QED) is 0.739. The summed E-state index contributed by atoms with van der Waals surface area (Å²) in [5, 5.41) is 7.54. The highest BCUT2D eigenvalue weighted by Crippen LogP contribution is 2.32. The molecule has 2 N–H and O–H groups in total. The Bertz CT molecular complexity index is 1020. The van der Waals surface area contributed by atoms with Gasteiger partial charge in [0.1, 0.15) is 11.8 Å². The Morgan fingerprint density at radius 3 is 2.79 bits per heavy atom. The summed E-state index contributed by atoms with van der Waals surface area (Å²) in [6.07, 6.45) is 2.06. The van der Waals surface area contributed by atoms with Crippen molar-refractivity contribution >= 4 is 33.4 Å². The molecule has 0 aliphatic carbocycles. The van der Waals surface area contributed by atoms with E-state index in [4.69, 9.17) is 16.3 Å². The first-order valence-corrected chi connectivity index (χ1v) is 10.9. The van der Waals surface area contributed by atoms with Crippen molar-refractivity contribution in [3.63, 3.8) is 0 Å². The molecule has 2 heterocycles. The fourth-order valence-corrected chi connectivity index (χ4v) is 4.78. The highest BCUT2D eigenvalue weighted by atomic mass is 35.5. The van der Waals surface area contributed by atoms with Crippen LogP contribution in [0.25, 0.3) is 0 Å². The van der Waals surface area contributed by atoms with E-state index in [2.05, 4.69) is 15.1 Å². The van der Waals surface area contributed by atoms with Crippen LogP contribution in [-0.4, -0.2) is 48.6 Å². The van der Waals surface area contributed by atoms with E-state index in [1.807, 2.05) is 20.0 Å². The van der Waals surface area contributed by atoms with Gasteiger partial charge in [-0.1, -0.05) is 11.6 Å². The zero-order valence-electron chi connectivity index (χ0n) is 16.6. The number of carbonyl (C=O) groups is 1. The van der Waals surface area contributed by atoms with Crippen LogP contribution in [0.5, 0.6) is 5.75 Å². The number of carbonyl (C=O) groups excluding carboxylic acids is 1. The highest BCUT2D eigenvalue weighted by molar-refractivity contribution is 7.87. The number of likely N-dealkylation sites (N-methyl/N-ethyl adjacent to an activating group) is 1. The van der Waals surface area contributed by atoms with Gasteiger partial charge < -0.3 is 10.1 Å². The van der Waals surface area contributed by atoms with Gasteiger partial charge >= 0.3 is 0 Å². The van der Waals surface area contributed by atoms with E-state index in [0.29, 0.717) is 23.0 Å². The van der Waals surface area contributed by atoms with Gasteiger partial charge in [-0.3, -0.25) is 9.48 Å². The number of anilines is 1. The van der Waals surface area contributed by atoms with E-state index >= 15 is 0 Å². The topological polar surface area (TPSA) is 106 Å². The van der Waals surface area contributed by atoms with Crippen molar-refractivity contribution in [2.75, 3.05) is 19.5 Å². The highest BCUT2D eigenvalue weighted by Gasteiger charge is 2.41. The van der Waals surface area contributed by atoms with Gasteiger partial charge in [-0.05, 0) is 38.5 Å². The van der Waals surface area contributed by atoms with Crippen LogP contribution in [-0.2, 0) is 21.5 Å². The SMILES string of the molecule is CCn1cc([C@H]2C[C@@H](C(=O)Nc3cc(Cl)ccc3OC)N(C)S(=O)(=O)N2)c(C)n1. The average molecular weight is 442 g/mol. The normalized spacial score (nSPS) is 21.7. The molecule has 0 radical (unpaired) electrons. The van der Waals surface area contributed by atoms with E-state index in [0.717, 1.165) is 15.6 Å². The number of methoxy groups -OCH3 is 1. The van der Waals surface area contributed by atoms with E-state index in [1.165, 1.54) is 14.2 Å². The van der Waals surface area contributed by atoms with E-state index in [-0.39, 0.29) is 6.42 Å². The summed E-state index contributed by atoms with van der Waals surface area (Å²) >= 11 is 6.02. The molecular weight excluding hydrogens is 418 g/mol. The van der Waals surface area contributed by atoms with Crippen LogP contribution in [0.4, 0.5) is 5.69 Å². The van der Waals surface area contributed by atoms with E-state index in [9.17, 15) is 13.2 Å². The molecule has 1 fully saturated rings. The number of halogens is 1. The van der Waals surface area contributed by atoms with Gasteiger partial charge in [-0.15, -0.1) is 0 Å². The Kier molecular flexibility index (Phi) is 6.18. The minimum absolute atomic E-state index is 0.251. The molecule has 29 heavy (non-hydrogen) atoms. The van der Waals surface area contributed by atoms with Crippen LogP contribution in [0.3, 0.4) is 0 Å². The Labute approximate surface area is 175 Å². The molecule has 1 aromatic heterocycles. The van der Waals surface area contributed by atoms with Crippen molar-refractivity contribution in [1.29, 1.82) is 0 Å². The Balaban J connectivity index is 1.89. The van der Waals surface area contributed by atoms with E-state index in [1.54, 1.807) is 22.9 Å².